The Kier molecular flexibility index (Phi) is 9.82. The molecule has 0 aromatic heterocycles. The van der Waals surface area contributed by atoms with E-state index in [1.54, 1.807) is 0 Å². The second-order valence-corrected chi connectivity index (χ2v) is 6.58. The Morgan fingerprint density at radius 2 is 1.18 bits per heavy atom. The molecule has 2 atom stereocenters. The van der Waals surface area contributed by atoms with E-state index in [4.69, 9.17) is 10.2 Å². The molecule has 4 nitrogen and oxygen atoms in total. The monoisotopic (exact) mass is 372 g/mol. The quantitative estimate of drug-likeness (QED) is 0.575. The summed E-state index contributed by atoms with van der Waals surface area (Å²) in [6, 6.07) is 0. The minimum Gasteiger partial charge on any atom is -0.481 e. The summed E-state index contributed by atoms with van der Waals surface area (Å²) < 4.78 is 0. The van der Waals surface area contributed by atoms with Crippen molar-refractivity contribution in [3.63, 3.8) is 0 Å². The molecular formula is C11H18Br2O4. The zero-order valence-corrected chi connectivity index (χ0v) is 12.7. The number of carboxylic acids is 2. The van der Waals surface area contributed by atoms with Crippen LogP contribution in [0.4, 0.5) is 0 Å². The van der Waals surface area contributed by atoms with Crippen molar-refractivity contribution in [2.24, 2.45) is 0 Å². The lowest BCUT2D eigenvalue weighted by molar-refractivity contribution is -0.138. The van der Waals surface area contributed by atoms with Crippen LogP contribution >= 0.6 is 31.9 Å². The van der Waals surface area contributed by atoms with E-state index in [0.29, 0.717) is 12.8 Å². The highest BCUT2D eigenvalue weighted by molar-refractivity contribution is 9.09. The highest BCUT2D eigenvalue weighted by atomic mass is 79.9. The lowest BCUT2D eigenvalue weighted by atomic mass is 10.1. The van der Waals surface area contributed by atoms with E-state index >= 15 is 0 Å². The molecule has 0 aliphatic heterocycles. The maximum Gasteiger partial charge on any atom is 0.303 e. The average molecular weight is 374 g/mol. The zero-order chi connectivity index (χ0) is 13.3. The molecule has 0 radical (unpaired) electrons. The van der Waals surface area contributed by atoms with Crippen LogP contribution in [0.1, 0.15) is 44.9 Å². The molecule has 6 heteroatoms. The van der Waals surface area contributed by atoms with Crippen LogP contribution in [0.3, 0.4) is 0 Å². The minimum absolute atomic E-state index is 0.187. The van der Waals surface area contributed by atoms with E-state index in [-0.39, 0.29) is 22.5 Å². The van der Waals surface area contributed by atoms with E-state index in [9.17, 15) is 9.59 Å². The molecule has 0 fully saturated rings. The van der Waals surface area contributed by atoms with Gasteiger partial charge in [-0.05, 0) is 25.7 Å². The summed E-state index contributed by atoms with van der Waals surface area (Å²) in [7, 11) is 0. The van der Waals surface area contributed by atoms with E-state index < -0.39 is 11.9 Å². The molecule has 0 bridgehead atoms. The molecule has 0 spiro atoms. The molecule has 0 aromatic carbocycles. The van der Waals surface area contributed by atoms with Gasteiger partial charge in [0.15, 0.2) is 0 Å². The maximum atomic E-state index is 10.4. The van der Waals surface area contributed by atoms with Gasteiger partial charge in [0.1, 0.15) is 0 Å². The highest BCUT2D eigenvalue weighted by Gasteiger charge is 2.10. The number of alkyl halides is 2. The number of hydrogen-bond donors (Lipinski definition) is 2. The normalized spacial score (nSPS) is 14.2. The van der Waals surface area contributed by atoms with Gasteiger partial charge in [0, 0.05) is 22.5 Å². The maximum absolute atomic E-state index is 10.4. The summed E-state index contributed by atoms with van der Waals surface area (Å²) in [4.78, 5) is 21.2. The fraction of sp³-hybridized carbons (Fsp3) is 0.818. The Labute approximate surface area is 118 Å². The van der Waals surface area contributed by atoms with Gasteiger partial charge < -0.3 is 10.2 Å². The van der Waals surface area contributed by atoms with E-state index in [1.165, 1.54) is 0 Å². The Hall–Kier alpha value is -0.100. The number of rotatable bonds is 10. The van der Waals surface area contributed by atoms with Gasteiger partial charge in [-0.3, -0.25) is 9.59 Å². The van der Waals surface area contributed by atoms with Gasteiger partial charge in [-0.15, -0.1) is 0 Å². The van der Waals surface area contributed by atoms with Crippen LogP contribution in [0.25, 0.3) is 0 Å². The Morgan fingerprint density at radius 1 is 0.824 bits per heavy atom. The van der Waals surface area contributed by atoms with Crippen LogP contribution in [0.2, 0.25) is 0 Å². The smallest absolute Gasteiger partial charge is 0.303 e. The predicted octanol–water partition coefficient (Wildman–Crippen LogP) is 3.41. The van der Waals surface area contributed by atoms with Crippen molar-refractivity contribution < 1.29 is 19.8 Å². The Morgan fingerprint density at radius 3 is 1.47 bits per heavy atom. The third-order valence-corrected chi connectivity index (χ3v) is 4.21. The van der Waals surface area contributed by atoms with Crippen molar-refractivity contribution >= 4 is 43.8 Å². The Bertz CT molecular complexity index is 222. The van der Waals surface area contributed by atoms with E-state index in [2.05, 4.69) is 31.9 Å². The topological polar surface area (TPSA) is 74.6 Å². The van der Waals surface area contributed by atoms with Crippen molar-refractivity contribution in [2.45, 2.75) is 54.6 Å². The Balaban J connectivity index is 3.48. The standard InChI is InChI=1S/C11H18Br2O4/c12-8(4-6-10(14)15)2-1-3-9(13)5-7-11(16)17/h8-9H,1-7H2,(H,14,15)(H,16,17). The summed E-state index contributed by atoms with van der Waals surface area (Å²) in [5.74, 6) is -1.54. The third-order valence-electron chi connectivity index (χ3n) is 2.38. The van der Waals surface area contributed by atoms with Gasteiger partial charge in [-0.25, -0.2) is 0 Å². The van der Waals surface area contributed by atoms with Gasteiger partial charge in [0.2, 0.25) is 0 Å². The van der Waals surface area contributed by atoms with Crippen LogP contribution < -0.4 is 0 Å². The molecule has 0 heterocycles. The first kappa shape index (κ1) is 16.9. The summed E-state index contributed by atoms with van der Waals surface area (Å²) in [6.07, 6.45) is 4.45. The van der Waals surface area contributed by atoms with Gasteiger partial charge in [0.05, 0.1) is 0 Å². The summed E-state index contributed by atoms with van der Waals surface area (Å²) in [5, 5.41) is 17.0. The van der Waals surface area contributed by atoms with Crippen molar-refractivity contribution in [2.75, 3.05) is 0 Å². The molecule has 100 valence electrons. The van der Waals surface area contributed by atoms with Gasteiger partial charge >= 0.3 is 11.9 Å². The summed E-state index contributed by atoms with van der Waals surface area (Å²) in [5.41, 5.74) is 0. The second-order valence-electron chi connectivity index (χ2n) is 3.99. The first-order valence-corrected chi connectivity index (χ1v) is 7.46. The van der Waals surface area contributed by atoms with E-state index in [1.807, 2.05) is 0 Å². The molecule has 0 aliphatic carbocycles. The zero-order valence-electron chi connectivity index (χ0n) is 9.57. The SMILES string of the molecule is O=C(O)CCC(Br)CCCC(Br)CCC(=O)O. The fourth-order valence-electron chi connectivity index (χ4n) is 1.41. The lowest BCUT2D eigenvalue weighted by Crippen LogP contribution is -2.06. The molecule has 17 heavy (non-hydrogen) atoms. The average Bonchev–Trinajstić information content (AvgIpc) is 2.23. The van der Waals surface area contributed by atoms with Crippen LogP contribution in [0, 0.1) is 0 Å². The molecule has 0 aliphatic rings. The fourth-order valence-corrected chi connectivity index (χ4v) is 2.52. The predicted molar refractivity (Wildman–Crippen MR) is 73.0 cm³/mol. The van der Waals surface area contributed by atoms with E-state index in [0.717, 1.165) is 19.3 Å². The number of hydrogen-bond acceptors (Lipinski definition) is 2. The summed E-state index contributed by atoms with van der Waals surface area (Å²) in [6.45, 7) is 0. The molecule has 0 saturated carbocycles. The molecule has 2 unspecified atom stereocenters. The first-order valence-electron chi connectivity index (χ1n) is 5.63. The van der Waals surface area contributed by atoms with Crippen molar-refractivity contribution in [1.82, 2.24) is 0 Å². The van der Waals surface area contributed by atoms with Crippen molar-refractivity contribution in [1.29, 1.82) is 0 Å². The van der Waals surface area contributed by atoms with Gasteiger partial charge in [-0.2, -0.15) is 0 Å². The molecule has 2 N–H and O–H groups in total. The van der Waals surface area contributed by atoms with Crippen LogP contribution in [0.15, 0.2) is 0 Å². The third kappa shape index (κ3) is 12.2. The van der Waals surface area contributed by atoms with Crippen LogP contribution in [0.5, 0.6) is 0 Å². The van der Waals surface area contributed by atoms with Gasteiger partial charge in [-0.1, -0.05) is 38.3 Å². The molecule has 0 saturated heterocycles. The number of carbonyl (C=O) groups is 2. The molecule has 0 rings (SSSR count). The van der Waals surface area contributed by atoms with Crippen LogP contribution in [-0.2, 0) is 9.59 Å². The molecule has 0 amide bonds. The van der Waals surface area contributed by atoms with Gasteiger partial charge in [0.25, 0.3) is 0 Å². The molecule has 0 aromatic rings. The van der Waals surface area contributed by atoms with Crippen LogP contribution in [-0.4, -0.2) is 31.8 Å². The molecular weight excluding hydrogens is 356 g/mol. The minimum atomic E-state index is -0.769. The first-order chi connectivity index (χ1) is 7.91. The summed E-state index contributed by atoms with van der Waals surface area (Å²) >= 11 is 6.89. The largest absolute Gasteiger partial charge is 0.481 e. The number of carboxylic acid groups (broad SMARTS) is 2. The number of halogens is 2. The number of aliphatic carboxylic acids is 2. The van der Waals surface area contributed by atoms with Crippen molar-refractivity contribution in [3.8, 4) is 0 Å². The lowest BCUT2D eigenvalue weighted by Gasteiger charge is -2.11. The van der Waals surface area contributed by atoms with Crippen molar-refractivity contribution in [3.05, 3.63) is 0 Å². The second kappa shape index (κ2) is 9.88. The highest BCUT2D eigenvalue weighted by Crippen LogP contribution is 2.20.